The first-order chi connectivity index (χ1) is 15.0. The quantitative estimate of drug-likeness (QED) is 0.383. The van der Waals surface area contributed by atoms with E-state index in [2.05, 4.69) is 9.97 Å². The third kappa shape index (κ3) is 4.11. The lowest BCUT2D eigenvalue weighted by atomic mass is 10.0. The standard InChI is InChI=1S/C22H23N5O4/c1-28-18-8-12(7-13-10-26-22(25)27-21(13)24)17-9-16(31-19(17)20(18)29-2)11-30-15-5-3-14(23)4-6-15/h3-6,8-10H,7,11,23H2,1-2H3,(H4,24,25,26,27). The van der Waals surface area contributed by atoms with Crippen LogP contribution in [0.3, 0.4) is 0 Å². The summed E-state index contributed by atoms with van der Waals surface area (Å²) in [5.41, 5.74) is 20.2. The van der Waals surface area contributed by atoms with Crippen LogP contribution in [-0.4, -0.2) is 24.2 Å². The molecule has 0 saturated carbocycles. The Morgan fingerprint density at radius 3 is 2.42 bits per heavy atom. The molecule has 2 aromatic carbocycles. The molecule has 0 fully saturated rings. The van der Waals surface area contributed by atoms with Gasteiger partial charge in [0.25, 0.3) is 0 Å². The SMILES string of the molecule is COc1cc(Cc2cnc(N)nc2N)c2cc(COc3ccc(N)cc3)oc2c1OC. The molecule has 0 radical (unpaired) electrons. The second-order valence-corrected chi connectivity index (χ2v) is 6.90. The molecule has 160 valence electrons. The van der Waals surface area contributed by atoms with Crippen LogP contribution in [0.5, 0.6) is 17.2 Å². The summed E-state index contributed by atoms with van der Waals surface area (Å²) in [4.78, 5) is 8.08. The van der Waals surface area contributed by atoms with Crippen LogP contribution in [0.1, 0.15) is 16.9 Å². The number of nitrogen functional groups attached to an aromatic ring is 3. The lowest BCUT2D eigenvalue weighted by Gasteiger charge is -2.12. The summed E-state index contributed by atoms with van der Waals surface area (Å²) in [7, 11) is 3.14. The fraction of sp³-hybridized carbons (Fsp3) is 0.182. The fourth-order valence-corrected chi connectivity index (χ4v) is 3.32. The van der Waals surface area contributed by atoms with Crippen molar-refractivity contribution in [3.05, 3.63) is 59.5 Å². The van der Waals surface area contributed by atoms with E-state index in [4.69, 9.17) is 35.8 Å². The molecule has 4 aromatic rings. The summed E-state index contributed by atoms with van der Waals surface area (Å²) in [6.45, 7) is 0.233. The second kappa shape index (κ2) is 8.31. The molecule has 0 spiro atoms. The minimum absolute atomic E-state index is 0.129. The van der Waals surface area contributed by atoms with E-state index in [0.29, 0.717) is 46.5 Å². The molecule has 0 aliphatic heterocycles. The maximum absolute atomic E-state index is 6.07. The third-order valence-corrected chi connectivity index (χ3v) is 4.85. The summed E-state index contributed by atoms with van der Waals surface area (Å²) in [6.07, 6.45) is 2.08. The number of aromatic nitrogens is 2. The highest BCUT2D eigenvalue weighted by Gasteiger charge is 2.20. The molecule has 2 heterocycles. The van der Waals surface area contributed by atoms with Crippen molar-refractivity contribution >= 4 is 28.4 Å². The van der Waals surface area contributed by atoms with E-state index in [0.717, 1.165) is 16.5 Å². The average molecular weight is 421 g/mol. The van der Waals surface area contributed by atoms with E-state index in [1.54, 1.807) is 44.7 Å². The van der Waals surface area contributed by atoms with Crippen molar-refractivity contribution in [3.8, 4) is 17.2 Å². The van der Waals surface area contributed by atoms with Crippen LogP contribution >= 0.6 is 0 Å². The van der Waals surface area contributed by atoms with Crippen molar-refractivity contribution in [3.63, 3.8) is 0 Å². The van der Waals surface area contributed by atoms with Gasteiger partial charge in [-0.3, -0.25) is 0 Å². The van der Waals surface area contributed by atoms with Gasteiger partial charge < -0.3 is 35.8 Å². The monoisotopic (exact) mass is 421 g/mol. The van der Waals surface area contributed by atoms with Gasteiger partial charge in [0.2, 0.25) is 11.7 Å². The highest BCUT2D eigenvalue weighted by atomic mass is 16.5. The number of anilines is 3. The Bertz CT molecular complexity index is 1220. The van der Waals surface area contributed by atoms with Crippen LogP contribution in [0.2, 0.25) is 0 Å². The zero-order valence-electron chi connectivity index (χ0n) is 17.2. The van der Waals surface area contributed by atoms with Gasteiger partial charge in [0, 0.05) is 29.3 Å². The van der Waals surface area contributed by atoms with E-state index in [9.17, 15) is 0 Å². The van der Waals surface area contributed by atoms with Crippen LogP contribution in [-0.2, 0) is 13.0 Å². The van der Waals surface area contributed by atoms with Gasteiger partial charge in [0.1, 0.15) is 23.9 Å². The second-order valence-electron chi connectivity index (χ2n) is 6.90. The first kappa shape index (κ1) is 20.1. The van der Waals surface area contributed by atoms with Crippen LogP contribution in [0.15, 0.2) is 47.0 Å². The summed E-state index contributed by atoms with van der Waals surface area (Å²) in [5, 5.41) is 0.852. The molecule has 0 unspecified atom stereocenters. The minimum Gasteiger partial charge on any atom is -0.493 e. The van der Waals surface area contributed by atoms with Gasteiger partial charge in [-0.2, -0.15) is 4.98 Å². The number of fused-ring (bicyclic) bond motifs is 1. The summed E-state index contributed by atoms with van der Waals surface area (Å²) < 4.78 is 22.9. The normalized spacial score (nSPS) is 10.9. The zero-order valence-corrected chi connectivity index (χ0v) is 17.2. The van der Waals surface area contributed by atoms with Crippen molar-refractivity contribution in [2.75, 3.05) is 31.4 Å². The van der Waals surface area contributed by atoms with Gasteiger partial charge in [0.05, 0.1) is 14.2 Å². The summed E-state index contributed by atoms with van der Waals surface area (Å²) in [6, 6.07) is 11.0. The number of hydrogen-bond acceptors (Lipinski definition) is 9. The number of rotatable bonds is 7. The highest BCUT2D eigenvalue weighted by Crippen LogP contribution is 2.40. The van der Waals surface area contributed by atoms with Crippen molar-refractivity contribution in [2.45, 2.75) is 13.0 Å². The van der Waals surface area contributed by atoms with Crippen molar-refractivity contribution in [2.24, 2.45) is 0 Å². The van der Waals surface area contributed by atoms with Crippen LogP contribution in [0.4, 0.5) is 17.5 Å². The maximum Gasteiger partial charge on any atom is 0.221 e. The first-order valence-electron chi connectivity index (χ1n) is 9.50. The number of benzene rings is 2. The lowest BCUT2D eigenvalue weighted by Crippen LogP contribution is -2.04. The van der Waals surface area contributed by atoms with E-state index in [1.807, 2.05) is 12.1 Å². The zero-order chi connectivity index (χ0) is 22.0. The van der Waals surface area contributed by atoms with Gasteiger partial charge >= 0.3 is 0 Å². The van der Waals surface area contributed by atoms with Crippen LogP contribution < -0.4 is 31.4 Å². The number of nitrogens with two attached hydrogens (primary N) is 3. The third-order valence-electron chi connectivity index (χ3n) is 4.85. The van der Waals surface area contributed by atoms with E-state index in [1.165, 1.54) is 0 Å². The molecule has 9 heteroatoms. The number of nitrogens with zero attached hydrogens (tertiary/aromatic N) is 2. The molecule has 0 aliphatic carbocycles. The van der Waals surface area contributed by atoms with E-state index in [-0.39, 0.29) is 12.6 Å². The highest BCUT2D eigenvalue weighted by molar-refractivity contribution is 5.90. The Kier molecular flexibility index (Phi) is 5.40. The van der Waals surface area contributed by atoms with Crippen LogP contribution in [0.25, 0.3) is 11.0 Å². The Morgan fingerprint density at radius 1 is 0.968 bits per heavy atom. The molecule has 0 atom stereocenters. The molecule has 4 rings (SSSR count). The summed E-state index contributed by atoms with van der Waals surface area (Å²) >= 11 is 0. The molecule has 6 N–H and O–H groups in total. The largest absolute Gasteiger partial charge is 0.493 e. The van der Waals surface area contributed by atoms with Gasteiger partial charge in [-0.25, -0.2) is 4.98 Å². The van der Waals surface area contributed by atoms with Gasteiger partial charge in [-0.1, -0.05) is 0 Å². The molecular weight excluding hydrogens is 398 g/mol. The molecule has 0 saturated heterocycles. The topological polar surface area (TPSA) is 145 Å². The van der Waals surface area contributed by atoms with Gasteiger partial charge in [-0.05, 0) is 42.0 Å². The number of methoxy groups -OCH3 is 2. The molecule has 31 heavy (non-hydrogen) atoms. The van der Waals surface area contributed by atoms with E-state index < -0.39 is 0 Å². The predicted octanol–water partition coefficient (Wildman–Crippen LogP) is 3.16. The smallest absolute Gasteiger partial charge is 0.221 e. The number of hydrogen-bond donors (Lipinski definition) is 3. The van der Waals surface area contributed by atoms with E-state index >= 15 is 0 Å². The molecule has 9 nitrogen and oxygen atoms in total. The molecule has 0 bridgehead atoms. The van der Waals surface area contributed by atoms with Crippen LogP contribution in [0, 0.1) is 0 Å². The lowest BCUT2D eigenvalue weighted by molar-refractivity contribution is 0.273. The van der Waals surface area contributed by atoms with Crippen molar-refractivity contribution < 1.29 is 18.6 Å². The molecule has 2 aromatic heterocycles. The Balaban J connectivity index is 1.72. The Labute approximate surface area is 178 Å². The van der Waals surface area contributed by atoms with Gasteiger partial charge in [-0.15, -0.1) is 0 Å². The maximum atomic E-state index is 6.07. The minimum atomic E-state index is 0.129. The fourth-order valence-electron chi connectivity index (χ4n) is 3.32. The molecule has 0 aliphatic rings. The van der Waals surface area contributed by atoms with Gasteiger partial charge in [0.15, 0.2) is 11.3 Å². The number of ether oxygens (including phenoxy) is 3. The molecule has 0 amide bonds. The Hall–Kier alpha value is -4.14. The first-order valence-corrected chi connectivity index (χ1v) is 9.50. The predicted molar refractivity (Wildman–Crippen MR) is 118 cm³/mol. The summed E-state index contributed by atoms with van der Waals surface area (Å²) in [5.74, 6) is 2.81. The molecular formula is C22H23N5O4. The van der Waals surface area contributed by atoms with Crippen molar-refractivity contribution in [1.29, 1.82) is 0 Å². The number of furan rings is 1. The Morgan fingerprint density at radius 2 is 1.74 bits per heavy atom. The van der Waals surface area contributed by atoms with Crippen molar-refractivity contribution in [1.82, 2.24) is 9.97 Å². The average Bonchev–Trinajstić information content (AvgIpc) is 3.19.